The van der Waals surface area contributed by atoms with E-state index in [9.17, 15) is 8.42 Å². The molecule has 1 unspecified atom stereocenters. The first-order valence-corrected chi connectivity index (χ1v) is 8.14. The average Bonchev–Trinajstić information content (AvgIpc) is 2.47. The van der Waals surface area contributed by atoms with Crippen LogP contribution >= 0.6 is 0 Å². The molecule has 7 heteroatoms. The van der Waals surface area contributed by atoms with Gasteiger partial charge in [0.15, 0.2) is 0 Å². The summed E-state index contributed by atoms with van der Waals surface area (Å²) < 4.78 is 37.4. The van der Waals surface area contributed by atoms with E-state index in [1.54, 1.807) is 18.2 Å². The highest BCUT2D eigenvalue weighted by molar-refractivity contribution is 7.89. The summed E-state index contributed by atoms with van der Waals surface area (Å²) in [7, 11) is -3.45. The number of benzene rings is 1. The Balaban J connectivity index is 1.90. The van der Waals surface area contributed by atoms with E-state index in [1.807, 2.05) is 6.92 Å². The van der Waals surface area contributed by atoms with E-state index >= 15 is 0 Å². The van der Waals surface area contributed by atoms with Crippen LogP contribution in [0.25, 0.3) is 0 Å². The van der Waals surface area contributed by atoms with Crippen molar-refractivity contribution in [1.82, 2.24) is 4.31 Å². The first kappa shape index (κ1) is 13.7. The highest BCUT2D eigenvalue weighted by Crippen LogP contribution is 2.32. The van der Waals surface area contributed by atoms with Crippen LogP contribution in [0.15, 0.2) is 23.1 Å². The molecule has 0 saturated carbocycles. The molecule has 0 aromatic heterocycles. The van der Waals surface area contributed by atoms with E-state index in [4.69, 9.17) is 9.47 Å². The molecule has 2 aliphatic heterocycles. The second-order valence-electron chi connectivity index (χ2n) is 4.98. The Morgan fingerprint density at radius 1 is 1.30 bits per heavy atom. The van der Waals surface area contributed by atoms with Gasteiger partial charge in [-0.1, -0.05) is 0 Å². The third-order valence-corrected chi connectivity index (χ3v) is 5.36. The molecule has 0 amide bonds. The lowest BCUT2D eigenvalue weighted by atomic mass is 10.2. The summed E-state index contributed by atoms with van der Waals surface area (Å²) in [6.07, 6.45) is 0.0872. The second-order valence-corrected chi connectivity index (χ2v) is 6.92. The number of nitrogens with zero attached hydrogens (tertiary/aromatic N) is 1. The van der Waals surface area contributed by atoms with Crippen molar-refractivity contribution in [3.63, 3.8) is 0 Å². The molecule has 110 valence electrons. The van der Waals surface area contributed by atoms with Crippen LogP contribution in [-0.2, 0) is 14.8 Å². The smallest absolute Gasteiger partial charge is 0.243 e. The summed E-state index contributed by atoms with van der Waals surface area (Å²) in [5, 5.41) is 3.20. The Bertz CT molecular complexity index is 596. The molecule has 20 heavy (non-hydrogen) atoms. The Morgan fingerprint density at radius 2 is 2.05 bits per heavy atom. The number of rotatable bonds is 2. The van der Waals surface area contributed by atoms with Crippen molar-refractivity contribution in [1.29, 1.82) is 0 Å². The minimum Gasteiger partial charge on any atom is -0.487 e. The van der Waals surface area contributed by atoms with Gasteiger partial charge in [-0.15, -0.1) is 0 Å². The van der Waals surface area contributed by atoms with Crippen LogP contribution in [0.3, 0.4) is 0 Å². The molecule has 1 aromatic rings. The normalized spacial score (nSPS) is 23.6. The van der Waals surface area contributed by atoms with Crippen LogP contribution in [0.2, 0.25) is 0 Å². The van der Waals surface area contributed by atoms with Gasteiger partial charge in [0.25, 0.3) is 0 Å². The predicted molar refractivity (Wildman–Crippen MR) is 74.6 cm³/mol. The van der Waals surface area contributed by atoms with Gasteiger partial charge in [-0.3, -0.25) is 0 Å². The number of nitrogens with one attached hydrogen (secondary N) is 1. The number of fused-ring (bicyclic) bond motifs is 1. The summed E-state index contributed by atoms with van der Waals surface area (Å²) >= 11 is 0. The van der Waals surface area contributed by atoms with Gasteiger partial charge >= 0.3 is 0 Å². The van der Waals surface area contributed by atoms with Gasteiger partial charge in [-0.25, -0.2) is 8.42 Å². The van der Waals surface area contributed by atoms with E-state index in [1.165, 1.54) is 4.31 Å². The van der Waals surface area contributed by atoms with Gasteiger partial charge in [0.05, 0.1) is 30.3 Å². The molecule has 2 aliphatic rings. The molecule has 1 atom stereocenters. The van der Waals surface area contributed by atoms with E-state index in [0.29, 0.717) is 43.5 Å². The number of morpholine rings is 1. The van der Waals surface area contributed by atoms with E-state index in [0.717, 1.165) is 5.69 Å². The van der Waals surface area contributed by atoms with Crippen LogP contribution in [0.4, 0.5) is 5.69 Å². The summed E-state index contributed by atoms with van der Waals surface area (Å²) in [6.45, 7) is 4.34. The Labute approximate surface area is 118 Å². The predicted octanol–water partition coefficient (Wildman–Crippen LogP) is 0.900. The lowest BCUT2D eigenvalue weighted by molar-refractivity contribution is 0.0730. The number of hydrogen-bond acceptors (Lipinski definition) is 5. The minimum atomic E-state index is -3.45. The zero-order valence-electron chi connectivity index (χ0n) is 11.3. The van der Waals surface area contributed by atoms with Gasteiger partial charge in [0, 0.05) is 13.1 Å². The first-order chi connectivity index (χ1) is 9.57. The summed E-state index contributed by atoms with van der Waals surface area (Å²) in [5.74, 6) is 0.699. The maximum Gasteiger partial charge on any atom is 0.243 e. The van der Waals surface area contributed by atoms with Crippen LogP contribution in [-0.4, -0.2) is 51.7 Å². The van der Waals surface area contributed by atoms with Crippen molar-refractivity contribution in [2.75, 3.05) is 38.2 Å². The van der Waals surface area contributed by atoms with Crippen molar-refractivity contribution in [3.8, 4) is 5.75 Å². The van der Waals surface area contributed by atoms with Crippen molar-refractivity contribution < 1.29 is 17.9 Å². The molecular formula is C13H18N2O4S. The van der Waals surface area contributed by atoms with Gasteiger partial charge in [-0.05, 0) is 25.1 Å². The zero-order chi connectivity index (χ0) is 14.2. The third kappa shape index (κ3) is 2.48. The Morgan fingerprint density at radius 3 is 2.80 bits per heavy atom. The fourth-order valence-electron chi connectivity index (χ4n) is 2.36. The molecule has 0 radical (unpaired) electrons. The van der Waals surface area contributed by atoms with Crippen molar-refractivity contribution >= 4 is 15.7 Å². The van der Waals surface area contributed by atoms with Crippen molar-refractivity contribution in [2.45, 2.75) is 17.9 Å². The topological polar surface area (TPSA) is 67.9 Å². The molecule has 0 bridgehead atoms. The molecule has 2 heterocycles. The molecule has 3 rings (SSSR count). The molecule has 1 N–H and O–H groups in total. The largest absolute Gasteiger partial charge is 0.487 e. The SMILES string of the molecule is CC1CNc2cc(S(=O)(=O)N3CCOCC3)ccc2O1. The lowest BCUT2D eigenvalue weighted by Gasteiger charge is -2.28. The molecule has 1 aromatic carbocycles. The monoisotopic (exact) mass is 298 g/mol. The van der Waals surface area contributed by atoms with Crippen LogP contribution in [0.1, 0.15) is 6.92 Å². The van der Waals surface area contributed by atoms with Crippen LogP contribution in [0, 0.1) is 0 Å². The number of ether oxygens (including phenoxy) is 2. The zero-order valence-corrected chi connectivity index (χ0v) is 12.1. The molecule has 1 saturated heterocycles. The quantitative estimate of drug-likeness (QED) is 0.878. The van der Waals surface area contributed by atoms with Crippen LogP contribution < -0.4 is 10.1 Å². The third-order valence-electron chi connectivity index (χ3n) is 3.47. The maximum absolute atomic E-state index is 12.5. The second kappa shape index (κ2) is 5.23. The van der Waals surface area contributed by atoms with Gasteiger partial charge in [-0.2, -0.15) is 4.31 Å². The van der Waals surface area contributed by atoms with Gasteiger partial charge < -0.3 is 14.8 Å². The maximum atomic E-state index is 12.5. The van der Waals surface area contributed by atoms with Gasteiger partial charge in [0.2, 0.25) is 10.0 Å². The highest BCUT2D eigenvalue weighted by atomic mass is 32.2. The van der Waals surface area contributed by atoms with Crippen LogP contribution in [0.5, 0.6) is 5.75 Å². The first-order valence-electron chi connectivity index (χ1n) is 6.70. The molecular weight excluding hydrogens is 280 g/mol. The summed E-state index contributed by atoms with van der Waals surface area (Å²) in [6, 6.07) is 4.96. The van der Waals surface area contributed by atoms with E-state index < -0.39 is 10.0 Å². The Hall–Kier alpha value is -1.31. The van der Waals surface area contributed by atoms with E-state index in [2.05, 4.69) is 5.32 Å². The van der Waals surface area contributed by atoms with Crippen molar-refractivity contribution in [2.24, 2.45) is 0 Å². The molecule has 0 spiro atoms. The number of sulfonamides is 1. The number of anilines is 1. The van der Waals surface area contributed by atoms with Crippen molar-refractivity contribution in [3.05, 3.63) is 18.2 Å². The van der Waals surface area contributed by atoms with E-state index in [-0.39, 0.29) is 6.10 Å². The number of hydrogen-bond donors (Lipinski definition) is 1. The lowest BCUT2D eigenvalue weighted by Crippen LogP contribution is -2.40. The average molecular weight is 298 g/mol. The summed E-state index contributed by atoms with van der Waals surface area (Å²) in [5.41, 5.74) is 0.734. The minimum absolute atomic E-state index is 0.0872. The Kier molecular flexibility index (Phi) is 3.57. The fourth-order valence-corrected chi connectivity index (χ4v) is 3.79. The fraction of sp³-hybridized carbons (Fsp3) is 0.538. The molecule has 0 aliphatic carbocycles. The van der Waals surface area contributed by atoms with Gasteiger partial charge in [0.1, 0.15) is 11.9 Å². The standard InChI is InChI=1S/C13H18N2O4S/c1-10-9-14-12-8-11(2-3-13(12)19-10)20(16,17)15-4-6-18-7-5-15/h2-3,8,10,14H,4-7,9H2,1H3. The molecule has 6 nitrogen and oxygen atoms in total. The summed E-state index contributed by atoms with van der Waals surface area (Å²) in [4.78, 5) is 0.295. The highest BCUT2D eigenvalue weighted by Gasteiger charge is 2.27. The molecule has 1 fully saturated rings.